The van der Waals surface area contributed by atoms with Crippen molar-refractivity contribution in [1.29, 1.82) is 0 Å². The molecule has 1 N–H and O–H groups in total. The van der Waals surface area contributed by atoms with Gasteiger partial charge in [0.25, 0.3) is 5.89 Å². The van der Waals surface area contributed by atoms with Gasteiger partial charge in [-0.25, -0.2) is 0 Å². The van der Waals surface area contributed by atoms with Crippen molar-refractivity contribution in [3.63, 3.8) is 0 Å². The van der Waals surface area contributed by atoms with Crippen LogP contribution < -0.4 is 5.56 Å². The summed E-state index contributed by atoms with van der Waals surface area (Å²) in [6.45, 7) is 0. The van der Waals surface area contributed by atoms with E-state index in [0.29, 0.717) is 33.7 Å². The smallest absolute Gasteiger partial charge is 0.259 e. The molecule has 0 radical (unpaired) electrons. The summed E-state index contributed by atoms with van der Waals surface area (Å²) < 4.78 is 5.17. The van der Waals surface area contributed by atoms with E-state index in [1.807, 2.05) is 6.07 Å². The predicted molar refractivity (Wildman–Crippen MR) is 79.6 cm³/mol. The molecule has 21 heavy (non-hydrogen) atoms. The number of nitrogens with zero attached hydrogens (tertiary/aromatic N) is 2. The number of aromatic amines is 1. The molecule has 0 spiro atoms. The fourth-order valence-electron chi connectivity index (χ4n) is 1.82. The van der Waals surface area contributed by atoms with Gasteiger partial charge in [-0.05, 0) is 23.8 Å². The molecule has 0 aliphatic carbocycles. The number of halogens is 2. The molecule has 0 aliphatic rings. The third kappa shape index (κ3) is 3.15. The molecule has 7 heteroatoms. The van der Waals surface area contributed by atoms with Gasteiger partial charge in [-0.1, -0.05) is 34.4 Å². The van der Waals surface area contributed by atoms with Crippen molar-refractivity contribution < 1.29 is 4.52 Å². The van der Waals surface area contributed by atoms with Crippen LogP contribution in [0.2, 0.25) is 10.0 Å². The number of rotatable bonds is 3. The summed E-state index contributed by atoms with van der Waals surface area (Å²) in [5, 5.41) is 4.90. The van der Waals surface area contributed by atoms with Gasteiger partial charge in [0.2, 0.25) is 5.56 Å². The Bertz CT molecular complexity index is 822. The van der Waals surface area contributed by atoms with Crippen molar-refractivity contribution in [2.75, 3.05) is 0 Å². The minimum Gasteiger partial charge on any atom is -0.334 e. The van der Waals surface area contributed by atoms with Gasteiger partial charge in [0.1, 0.15) is 0 Å². The second-order valence-corrected chi connectivity index (χ2v) is 5.20. The van der Waals surface area contributed by atoms with Crippen LogP contribution in [-0.4, -0.2) is 15.1 Å². The first-order valence-corrected chi connectivity index (χ1v) is 6.83. The molecular formula is C14H9Cl2N3O2. The van der Waals surface area contributed by atoms with E-state index >= 15 is 0 Å². The summed E-state index contributed by atoms with van der Waals surface area (Å²) in [5.74, 6) is 0.871. The monoisotopic (exact) mass is 321 g/mol. The molecule has 106 valence electrons. The fraction of sp³-hybridized carbons (Fsp3) is 0.0714. The Labute approximate surface area is 129 Å². The third-order valence-corrected chi connectivity index (χ3v) is 3.58. The van der Waals surface area contributed by atoms with Crippen LogP contribution in [0.25, 0.3) is 11.5 Å². The number of H-pyrrole nitrogens is 1. The molecule has 0 atom stereocenters. The number of aromatic nitrogens is 3. The van der Waals surface area contributed by atoms with E-state index in [2.05, 4.69) is 15.1 Å². The lowest BCUT2D eigenvalue weighted by Gasteiger charge is -1.99. The van der Waals surface area contributed by atoms with Gasteiger partial charge in [-0.15, -0.1) is 0 Å². The van der Waals surface area contributed by atoms with Crippen molar-refractivity contribution in [2.45, 2.75) is 6.42 Å². The molecular weight excluding hydrogens is 313 g/mol. The van der Waals surface area contributed by atoms with Crippen LogP contribution in [0.1, 0.15) is 11.4 Å². The van der Waals surface area contributed by atoms with Crippen molar-refractivity contribution in [3.05, 3.63) is 68.3 Å². The summed E-state index contributed by atoms with van der Waals surface area (Å²) in [5.41, 5.74) is 1.40. The molecule has 0 saturated heterocycles. The summed E-state index contributed by atoms with van der Waals surface area (Å²) in [6.07, 6.45) is 2.00. The summed E-state index contributed by atoms with van der Waals surface area (Å²) in [4.78, 5) is 17.9. The predicted octanol–water partition coefficient (Wildman–Crippen LogP) is 3.32. The van der Waals surface area contributed by atoms with Crippen LogP contribution in [0, 0.1) is 0 Å². The first-order chi connectivity index (χ1) is 10.1. The van der Waals surface area contributed by atoms with E-state index < -0.39 is 0 Å². The second-order valence-electron chi connectivity index (χ2n) is 4.38. The number of hydrogen-bond acceptors (Lipinski definition) is 4. The molecule has 2 heterocycles. The minimum absolute atomic E-state index is 0.186. The highest BCUT2D eigenvalue weighted by Gasteiger charge is 2.10. The van der Waals surface area contributed by atoms with Crippen LogP contribution in [-0.2, 0) is 6.42 Å². The van der Waals surface area contributed by atoms with Crippen molar-refractivity contribution in [1.82, 2.24) is 15.1 Å². The van der Waals surface area contributed by atoms with E-state index in [-0.39, 0.29) is 5.56 Å². The molecule has 0 fully saturated rings. The SMILES string of the molecule is O=c1ccc(-c2nc(Cc3ccc(Cl)c(Cl)c3)no2)c[nH]1. The molecule has 2 aromatic heterocycles. The average Bonchev–Trinajstić information content (AvgIpc) is 2.92. The summed E-state index contributed by atoms with van der Waals surface area (Å²) in [7, 11) is 0. The highest BCUT2D eigenvalue weighted by molar-refractivity contribution is 6.42. The van der Waals surface area contributed by atoms with E-state index in [9.17, 15) is 4.79 Å². The van der Waals surface area contributed by atoms with Crippen LogP contribution in [0.3, 0.4) is 0 Å². The van der Waals surface area contributed by atoms with E-state index in [1.54, 1.807) is 18.2 Å². The maximum absolute atomic E-state index is 11.0. The molecule has 0 unspecified atom stereocenters. The van der Waals surface area contributed by atoms with Gasteiger partial charge in [-0.2, -0.15) is 4.98 Å². The Morgan fingerprint density at radius 1 is 1.14 bits per heavy atom. The molecule has 1 aromatic carbocycles. The van der Waals surface area contributed by atoms with Crippen molar-refractivity contribution in [2.24, 2.45) is 0 Å². The maximum Gasteiger partial charge on any atom is 0.259 e. The molecule has 0 saturated carbocycles. The highest BCUT2D eigenvalue weighted by Crippen LogP contribution is 2.24. The molecule has 0 bridgehead atoms. The normalized spacial score (nSPS) is 10.8. The summed E-state index contributed by atoms with van der Waals surface area (Å²) >= 11 is 11.8. The van der Waals surface area contributed by atoms with Gasteiger partial charge < -0.3 is 9.51 Å². The molecule has 0 aliphatic heterocycles. The molecule has 5 nitrogen and oxygen atoms in total. The highest BCUT2D eigenvalue weighted by atomic mass is 35.5. The van der Waals surface area contributed by atoms with Crippen molar-refractivity contribution >= 4 is 23.2 Å². The molecule has 3 aromatic rings. The zero-order chi connectivity index (χ0) is 14.8. The number of pyridine rings is 1. The van der Waals surface area contributed by atoms with Gasteiger partial charge in [-0.3, -0.25) is 4.79 Å². The lowest BCUT2D eigenvalue weighted by atomic mass is 10.1. The third-order valence-electron chi connectivity index (χ3n) is 2.85. The summed E-state index contributed by atoms with van der Waals surface area (Å²) in [6, 6.07) is 8.36. The van der Waals surface area contributed by atoms with Crippen molar-refractivity contribution in [3.8, 4) is 11.5 Å². The Hall–Kier alpha value is -2.11. The number of benzene rings is 1. The van der Waals surface area contributed by atoms with E-state index in [1.165, 1.54) is 12.3 Å². The second kappa shape index (κ2) is 5.71. The average molecular weight is 322 g/mol. The minimum atomic E-state index is -0.186. The van der Waals surface area contributed by atoms with Crippen LogP contribution in [0.4, 0.5) is 0 Å². The van der Waals surface area contributed by atoms with Gasteiger partial charge in [0.05, 0.1) is 15.6 Å². The van der Waals surface area contributed by atoms with E-state index in [0.717, 1.165) is 5.56 Å². The lowest BCUT2D eigenvalue weighted by molar-refractivity contribution is 0.424. The standard InChI is InChI=1S/C14H9Cl2N3O2/c15-10-3-1-8(5-11(10)16)6-12-18-14(21-19-12)9-2-4-13(20)17-7-9/h1-5,7H,6H2,(H,17,20). The first-order valence-electron chi connectivity index (χ1n) is 6.07. The lowest BCUT2D eigenvalue weighted by Crippen LogP contribution is -2.01. The Morgan fingerprint density at radius 2 is 2.00 bits per heavy atom. The zero-order valence-electron chi connectivity index (χ0n) is 10.6. The first kappa shape index (κ1) is 13.9. The van der Waals surface area contributed by atoms with Gasteiger partial charge in [0, 0.05) is 18.7 Å². The Kier molecular flexibility index (Phi) is 3.77. The quantitative estimate of drug-likeness (QED) is 0.803. The van der Waals surface area contributed by atoms with Gasteiger partial charge in [0.15, 0.2) is 5.82 Å². The number of nitrogens with one attached hydrogen (secondary N) is 1. The largest absolute Gasteiger partial charge is 0.334 e. The van der Waals surface area contributed by atoms with Gasteiger partial charge >= 0.3 is 0 Å². The van der Waals surface area contributed by atoms with E-state index in [4.69, 9.17) is 27.7 Å². The topological polar surface area (TPSA) is 71.8 Å². The van der Waals surface area contributed by atoms with Crippen LogP contribution in [0.15, 0.2) is 45.8 Å². The number of hydrogen-bond donors (Lipinski definition) is 1. The Morgan fingerprint density at radius 3 is 2.71 bits per heavy atom. The Balaban J connectivity index is 1.83. The van der Waals surface area contributed by atoms with Crippen LogP contribution in [0.5, 0.6) is 0 Å². The maximum atomic E-state index is 11.0. The molecule has 3 rings (SSSR count). The molecule has 0 amide bonds. The fourth-order valence-corrected chi connectivity index (χ4v) is 2.14. The van der Waals surface area contributed by atoms with Crippen LogP contribution >= 0.6 is 23.2 Å². The zero-order valence-corrected chi connectivity index (χ0v) is 12.1.